The van der Waals surface area contributed by atoms with E-state index in [4.69, 9.17) is 60.6 Å². The molecule has 0 aromatic carbocycles. The van der Waals surface area contributed by atoms with E-state index in [9.17, 15) is 14.4 Å². The van der Waals surface area contributed by atoms with E-state index in [0.717, 1.165) is 32.1 Å². The fraction of sp³-hybridized carbons (Fsp3) is 0.875. The molecular weight excluding hydrogens is 1150 g/mol. The molecule has 57 heavy (non-hydrogen) atoms. The second kappa shape index (κ2) is 55.2. The van der Waals surface area contributed by atoms with E-state index in [0.29, 0.717) is 36.6 Å². The number of aliphatic carboxylic acids is 2. The number of carbonyl (C=O) groups is 4. The van der Waals surface area contributed by atoms with Crippen molar-refractivity contribution < 1.29 is 79.2 Å². The number of thiol groups is 1. The Morgan fingerprint density at radius 3 is 1.28 bits per heavy atom. The largest absolute Gasteiger partial charge is 1.00 e. The number of halogens is 3. The quantitative estimate of drug-likeness (QED) is 0.0185. The van der Waals surface area contributed by atoms with E-state index in [1.54, 1.807) is 42.4 Å². The van der Waals surface area contributed by atoms with Gasteiger partial charge in [0.1, 0.15) is 18.7 Å². The molecule has 0 aliphatic carbocycles. The maximum atomic E-state index is 10.7. The molecule has 340 valence electrons. The number of aliphatic hydroxyl groups excluding tert-OH is 3. The van der Waals surface area contributed by atoms with Gasteiger partial charge in [-0.2, -0.15) is 0 Å². The first-order chi connectivity index (χ1) is 26.0. The molecule has 0 unspecified atom stereocenters. The van der Waals surface area contributed by atoms with E-state index < -0.39 is 33.5 Å². The zero-order chi connectivity index (χ0) is 43.4. The van der Waals surface area contributed by atoms with E-state index in [1.165, 1.54) is 54.5 Å². The number of carbonyl (C=O) groups excluding carboxylic acids is 2. The standard InChI is InChI=1S/C11H18O6S3.C11H24O3S3.C8H18O.C2H4O2S.Al.Bi.3ClH.Li.4H/c1-2-3-4-11(18-5-9(13)14,19-6-10(15)16)20-8-17-7-12;1-2-3-4-11(15-8-5-12,16-9-6-13)17-10-7-14;1-5-6-7-8(2,3)9-4;3-1-4-2-5;;;;;;;;;;/h7H,2-6,8H2,1H3,(H,13,14)(H,15,16);12-14H,2-10H2,1H3;5-7H2,1-4H3;1,5H,2H2;;;3*1H;;;;;/q;;;;;+3;;;;+1;;;;-1/p-3. The van der Waals surface area contributed by atoms with Crippen LogP contribution in [0.15, 0.2) is 0 Å². The Morgan fingerprint density at radius 1 is 0.702 bits per heavy atom. The van der Waals surface area contributed by atoms with Gasteiger partial charge in [0.2, 0.25) is 0 Å². The summed E-state index contributed by atoms with van der Waals surface area (Å²) in [5.74, 6) is 0.222. The third-order valence-electron chi connectivity index (χ3n) is 5.99. The van der Waals surface area contributed by atoms with E-state index in [-0.39, 0.29) is 89.9 Å². The summed E-state index contributed by atoms with van der Waals surface area (Å²) < 4.78 is 13.2. The van der Waals surface area contributed by atoms with Crippen molar-refractivity contribution in [3.8, 4) is 0 Å². The first kappa shape index (κ1) is 74.4. The number of rotatable bonds is 31. The summed E-state index contributed by atoms with van der Waals surface area (Å²) in [5.41, 5.74) is 0.0933. The molecule has 0 fully saturated rings. The van der Waals surface area contributed by atoms with Crippen molar-refractivity contribution in [2.75, 3.05) is 67.6 Å². The molecule has 0 aliphatic heterocycles. The van der Waals surface area contributed by atoms with Crippen molar-refractivity contribution in [3.63, 3.8) is 0 Å². The molecule has 25 heteroatoms. The normalized spacial score (nSPS) is 10.6. The van der Waals surface area contributed by atoms with Crippen LogP contribution in [0.2, 0.25) is 0 Å². The van der Waals surface area contributed by atoms with Crippen LogP contribution in [0.1, 0.15) is 93.8 Å². The third kappa shape index (κ3) is 61.2. The number of carboxylic acid groups (broad SMARTS) is 2. The summed E-state index contributed by atoms with van der Waals surface area (Å²) in [5, 5.41) is 44.5. The number of thioether (sulfide) groups is 6. The second-order valence-corrected chi connectivity index (χ2v) is 35.5. The Kier molecular flexibility index (Phi) is 72.0. The van der Waals surface area contributed by atoms with Crippen LogP contribution >= 0.6 is 109 Å². The smallest absolute Gasteiger partial charge is 1.00 e. The first-order valence-corrected chi connectivity index (χ1v) is 36.5. The Bertz CT molecular complexity index is 845. The first-order valence-electron chi connectivity index (χ1n) is 17.1. The predicted molar refractivity (Wildman–Crippen MR) is 259 cm³/mol. The average Bonchev–Trinajstić information content (AvgIpc) is 3.14. The molecular formula is C32H68AlBiCl3LiO12S7. The Morgan fingerprint density at radius 2 is 1.04 bits per heavy atom. The minimum absolute atomic E-state index is 0. The van der Waals surface area contributed by atoms with Crippen LogP contribution in [0.25, 0.3) is 0 Å². The van der Waals surface area contributed by atoms with Crippen molar-refractivity contribution in [1.29, 1.82) is 0 Å². The molecule has 5 N–H and O–H groups in total. The fourth-order valence-electron chi connectivity index (χ4n) is 3.30. The number of ether oxygens (including phenoxy) is 3. The van der Waals surface area contributed by atoms with Gasteiger partial charge in [-0.1, -0.05) is 71.1 Å². The number of carboxylic acids is 2. The topological polar surface area (TPSA) is 197 Å². The number of unbranched alkanes of at least 4 members (excludes halogenated alkanes) is 3. The molecule has 0 bridgehead atoms. The summed E-state index contributed by atoms with van der Waals surface area (Å²) in [6.07, 6.45) is 9.41. The number of hydrogen-bond acceptors (Lipinski definition) is 17. The van der Waals surface area contributed by atoms with Crippen LogP contribution in [-0.4, -0.2) is 166 Å². The van der Waals surface area contributed by atoms with E-state index in [2.05, 4.69) is 49.8 Å². The molecule has 0 amide bonds. The van der Waals surface area contributed by atoms with Gasteiger partial charge in [-0.3, -0.25) is 19.2 Å². The van der Waals surface area contributed by atoms with Crippen molar-refractivity contribution in [3.05, 3.63) is 0 Å². The molecule has 0 heterocycles. The van der Waals surface area contributed by atoms with Gasteiger partial charge in [-0.15, -0.1) is 71.4 Å². The van der Waals surface area contributed by atoms with Gasteiger partial charge in [-0.05, 0) is 33.1 Å². The predicted octanol–water partition coefficient (Wildman–Crippen LogP) is 4.61. The Balaban J connectivity index is -0.0000000987. The molecule has 0 aromatic heterocycles. The maximum Gasteiger partial charge on any atom is 1.00 e. The SMILES string of the molecule is CCCCC(C)(C)OC.CCCCC(SCCO)(SCCO)SCCO.CCCCC(SCOC=O)(SCC(=O)O)SCC(=O)O.O=COCS.[AlH3].[Cl][Bi]([Cl])[Cl].[H-].[Li+]. The minimum Gasteiger partial charge on any atom is -1.00 e. The van der Waals surface area contributed by atoms with E-state index >= 15 is 0 Å². The summed E-state index contributed by atoms with van der Waals surface area (Å²) >= 11 is 10.2. The minimum atomic E-state index is -2.18. The van der Waals surface area contributed by atoms with E-state index in [1.807, 2.05) is 6.92 Å². The summed E-state index contributed by atoms with van der Waals surface area (Å²) in [7, 11) is 16.8. The average molecular weight is 1220 g/mol. The van der Waals surface area contributed by atoms with Gasteiger partial charge in [0.15, 0.2) is 17.4 Å². The molecule has 0 aromatic rings. The molecule has 0 spiro atoms. The number of hydrogen-bond donors (Lipinski definition) is 6. The summed E-state index contributed by atoms with van der Waals surface area (Å²) in [6.45, 7) is 11.8. The monoisotopic (exact) mass is 1220 g/mol. The van der Waals surface area contributed by atoms with Gasteiger partial charge in [0.05, 0.1) is 36.9 Å². The van der Waals surface area contributed by atoms with Crippen molar-refractivity contribution in [2.24, 2.45) is 0 Å². The Hall–Kier alpha value is 3.05. The molecule has 12 nitrogen and oxygen atoms in total. The van der Waals surface area contributed by atoms with Crippen molar-refractivity contribution in [2.45, 2.75) is 105 Å². The van der Waals surface area contributed by atoms with Crippen LogP contribution in [0.4, 0.5) is 0 Å². The molecule has 0 saturated heterocycles. The zero-order valence-corrected chi connectivity index (χ0v) is 45.2. The van der Waals surface area contributed by atoms with Gasteiger partial charge in [0.25, 0.3) is 12.9 Å². The zero-order valence-electron chi connectivity index (χ0n) is 34.7. The number of methoxy groups -OCH3 is 1. The number of aliphatic hydroxyl groups is 3. The molecule has 0 saturated carbocycles. The van der Waals surface area contributed by atoms with Gasteiger partial charge in [0, 0.05) is 24.4 Å². The van der Waals surface area contributed by atoms with Gasteiger partial charge in [-0.25, -0.2) is 0 Å². The Labute approximate surface area is 416 Å². The van der Waals surface area contributed by atoms with Crippen LogP contribution in [0.5, 0.6) is 0 Å². The van der Waals surface area contributed by atoms with Gasteiger partial charge >= 0.3 is 74.5 Å². The van der Waals surface area contributed by atoms with Crippen LogP contribution in [0.3, 0.4) is 0 Å². The molecule has 0 radical (unpaired) electrons. The summed E-state index contributed by atoms with van der Waals surface area (Å²) in [6, 6.07) is 0. The third-order valence-corrected chi connectivity index (χ3v) is 16.4. The van der Waals surface area contributed by atoms with Crippen molar-refractivity contribution >= 4 is 169 Å². The molecule has 0 aliphatic rings. The van der Waals surface area contributed by atoms with Crippen LogP contribution in [-0.2, 0) is 33.4 Å². The van der Waals surface area contributed by atoms with Gasteiger partial charge < -0.3 is 41.2 Å². The van der Waals surface area contributed by atoms with Crippen LogP contribution < -0.4 is 18.9 Å². The maximum absolute atomic E-state index is 10.7. The van der Waals surface area contributed by atoms with Crippen LogP contribution in [0, 0.1) is 0 Å². The molecule has 0 rings (SSSR count). The fourth-order valence-corrected chi connectivity index (χ4v) is 11.8. The van der Waals surface area contributed by atoms with Crippen molar-refractivity contribution in [1.82, 2.24) is 0 Å². The molecule has 0 atom stereocenters. The summed E-state index contributed by atoms with van der Waals surface area (Å²) in [4.78, 5) is 40.8. The second-order valence-electron chi connectivity index (χ2n) is 10.8.